The zero-order chi connectivity index (χ0) is 18.4. The van der Waals surface area contributed by atoms with Crippen LogP contribution in [0.2, 0.25) is 0 Å². The second kappa shape index (κ2) is 5.81. The van der Waals surface area contributed by atoms with Crippen LogP contribution in [0.25, 0.3) is 5.65 Å². The molecule has 3 aromatic rings. The lowest BCUT2D eigenvalue weighted by atomic mass is 10.1. The minimum absolute atomic E-state index is 0.0117. The van der Waals surface area contributed by atoms with E-state index in [-0.39, 0.29) is 22.1 Å². The average Bonchev–Trinajstić information content (AvgIpc) is 2.88. The summed E-state index contributed by atoms with van der Waals surface area (Å²) < 4.78 is 29.2. The first-order chi connectivity index (χ1) is 11.7. The van der Waals surface area contributed by atoms with Crippen LogP contribution in [-0.4, -0.2) is 27.9 Å². The lowest BCUT2D eigenvalue weighted by Gasteiger charge is -2.10. The van der Waals surface area contributed by atoms with Gasteiger partial charge in [0.05, 0.1) is 9.82 Å². The van der Waals surface area contributed by atoms with Crippen molar-refractivity contribution in [3.05, 3.63) is 57.3 Å². The second-order valence-corrected chi connectivity index (χ2v) is 7.32. The largest absolute Gasteiger partial charge is 0.276 e. The van der Waals surface area contributed by atoms with Gasteiger partial charge in [0.15, 0.2) is 5.65 Å². The molecule has 130 valence electrons. The number of pyridine rings is 1. The zero-order valence-electron chi connectivity index (χ0n) is 13.7. The third-order valence-electron chi connectivity index (χ3n) is 3.85. The van der Waals surface area contributed by atoms with Gasteiger partial charge >= 0.3 is 0 Å². The smallest absolute Gasteiger partial charge is 0.268 e. The first-order valence-electron chi connectivity index (χ1n) is 7.29. The van der Waals surface area contributed by atoms with E-state index in [4.69, 9.17) is 0 Å². The SMILES string of the molecule is Cc1ccn2c(NS(=O)(=O)c3ccc(C)c([N+](=O)[O-])c3C)nnc2c1. The molecular weight excluding hydrogens is 346 g/mol. The summed E-state index contributed by atoms with van der Waals surface area (Å²) in [5.74, 6) is 0.0117. The molecule has 2 heterocycles. The van der Waals surface area contributed by atoms with E-state index in [1.165, 1.54) is 23.5 Å². The van der Waals surface area contributed by atoms with E-state index < -0.39 is 14.9 Å². The maximum absolute atomic E-state index is 12.7. The molecule has 3 rings (SSSR count). The Kier molecular flexibility index (Phi) is 3.91. The number of aromatic nitrogens is 3. The molecule has 0 aliphatic rings. The molecule has 2 aromatic heterocycles. The van der Waals surface area contributed by atoms with Gasteiger partial charge in [0.25, 0.3) is 15.7 Å². The van der Waals surface area contributed by atoms with E-state index >= 15 is 0 Å². The summed E-state index contributed by atoms with van der Waals surface area (Å²) in [6.45, 7) is 4.85. The summed E-state index contributed by atoms with van der Waals surface area (Å²) in [7, 11) is -4.07. The maximum Gasteiger partial charge on any atom is 0.276 e. The lowest BCUT2D eigenvalue weighted by molar-refractivity contribution is -0.386. The molecule has 0 spiro atoms. The molecule has 0 aliphatic carbocycles. The molecule has 0 bridgehead atoms. The minimum Gasteiger partial charge on any atom is -0.268 e. The van der Waals surface area contributed by atoms with Crippen molar-refractivity contribution in [1.29, 1.82) is 0 Å². The minimum atomic E-state index is -4.07. The predicted molar refractivity (Wildman–Crippen MR) is 91.1 cm³/mol. The second-order valence-electron chi connectivity index (χ2n) is 5.67. The predicted octanol–water partition coefficient (Wildman–Crippen LogP) is 2.36. The van der Waals surface area contributed by atoms with Gasteiger partial charge < -0.3 is 0 Å². The fourth-order valence-electron chi connectivity index (χ4n) is 2.63. The third-order valence-corrected chi connectivity index (χ3v) is 5.32. The highest BCUT2D eigenvalue weighted by Crippen LogP contribution is 2.29. The quantitative estimate of drug-likeness (QED) is 0.563. The van der Waals surface area contributed by atoms with Gasteiger partial charge in [-0.2, -0.15) is 0 Å². The van der Waals surface area contributed by atoms with Crippen molar-refractivity contribution in [3.8, 4) is 0 Å². The number of benzene rings is 1. The van der Waals surface area contributed by atoms with E-state index in [0.29, 0.717) is 11.2 Å². The van der Waals surface area contributed by atoms with Crippen LogP contribution in [0.5, 0.6) is 0 Å². The third kappa shape index (κ3) is 2.91. The fourth-order valence-corrected chi connectivity index (χ4v) is 3.86. The van der Waals surface area contributed by atoms with Gasteiger partial charge in [0.2, 0.25) is 5.95 Å². The number of nitrogens with zero attached hydrogens (tertiary/aromatic N) is 4. The molecule has 1 aromatic carbocycles. The monoisotopic (exact) mass is 361 g/mol. The molecule has 0 amide bonds. The van der Waals surface area contributed by atoms with Crippen molar-refractivity contribution in [1.82, 2.24) is 14.6 Å². The van der Waals surface area contributed by atoms with Crippen molar-refractivity contribution >= 4 is 27.3 Å². The standard InChI is InChI=1S/C15H15N5O4S/c1-9-6-7-19-13(8-9)16-17-15(19)18-25(23,24)12-5-4-10(2)14(11(12)3)20(21)22/h4-8H,1-3H3,(H,17,18). The van der Waals surface area contributed by atoms with Crippen molar-refractivity contribution in [2.24, 2.45) is 0 Å². The van der Waals surface area contributed by atoms with Crippen LogP contribution in [0.1, 0.15) is 16.7 Å². The molecule has 1 N–H and O–H groups in total. The highest BCUT2D eigenvalue weighted by atomic mass is 32.2. The van der Waals surface area contributed by atoms with Crippen LogP contribution in [0.3, 0.4) is 0 Å². The van der Waals surface area contributed by atoms with E-state index in [2.05, 4.69) is 14.9 Å². The van der Waals surface area contributed by atoms with Crippen molar-refractivity contribution in [2.75, 3.05) is 4.72 Å². The van der Waals surface area contributed by atoms with Crippen molar-refractivity contribution in [3.63, 3.8) is 0 Å². The Morgan fingerprint density at radius 2 is 1.88 bits per heavy atom. The van der Waals surface area contributed by atoms with Gasteiger partial charge in [0, 0.05) is 17.3 Å². The van der Waals surface area contributed by atoms with Gasteiger partial charge in [-0.25, -0.2) is 13.1 Å². The topological polar surface area (TPSA) is 120 Å². The van der Waals surface area contributed by atoms with Gasteiger partial charge in [-0.05, 0) is 44.5 Å². The summed E-state index contributed by atoms with van der Waals surface area (Å²) in [4.78, 5) is 10.5. The number of rotatable bonds is 4. The van der Waals surface area contributed by atoms with E-state index in [0.717, 1.165) is 5.56 Å². The Bertz CT molecular complexity index is 1100. The number of aryl methyl sites for hydroxylation is 2. The maximum atomic E-state index is 12.7. The Hall–Kier alpha value is -3.01. The van der Waals surface area contributed by atoms with E-state index in [1.54, 1.807) is 25.3 Å². The Balaban J connectivity index is 2.08. The molecule has 0 saturated heterocycles. The van der Waals surface area contributed by atoms with Crippen LogP contribution >= 0.6 is 0 Å². The number of anilines is 1. The number of hydrogen-bond donors (Lipinski definition) is 1. The number of nitro benzene ring substituents is 1. The summed E-state index contributed by atoms with van der Waals surface area (Å²) in [5, 5.41) is 19.0. The number of nitrogens with one attached hydrogen (secondary N) is 1. The van der Waals surface area contributed by atoms with Gasteiger partial charge in [-0.3, -0.25) is 14.5 Å². The number of nitro groups is 1. The van der Waals surface area contributed by atoms with Gasteiger partial charge in [-0.1, -0.05) is 6.07 Å². The first-order valence-corrected chi connectivity index (χ1v) is 8.78. The highest BCUT2D eigenvalue weighted by Gasteiger charge is 2.26. The summed E-state index contributed by atoms with van der Waals surface area (Å²) >= 11 is 0. The zero-order valence-corrected chi connectivity index (χ0v) is 14.5. The molecule has 0 saturated carbocycles. The van der Waals surface area contributed by atoms with E-state index in [9.17, 15) is 18.5 Å². The molecular formula is C15H15N5O4S. The van der Waals surface area contributed by atoms with Crippen molar-refractivity contribution in [2.45, 2.75) is 25.7 Å². The van der Waals surface area contributed by atoms with Crippen LogP contribution in [0.15, 0.2) is 35.4 Å². The summed E-state index contributed by atoms with van der Waals surface area (Å²) in [6, 6.07) is 6.29. The number of fused-ring (bicyclic) bond motifs is 1. The molecule has 0 radical (unpaired) electrons. The normalized spacial score (nSPS) is 11.6. The molecule has 10 heteroatoms. The van der Waals surface area contributed by atoms with Crippen LogP contribution < -0.4 is 4.72 Å². The van der Waals surface area contributed by atoms with Crippen molar-refractivity contribution < 1.29 is 13.3 Å². The molecule has 25 heavy (non-hydrogen) atoms. The highest BCUT2D eigenvalue weighted by molar-refractivity contribution is 7.92. The molecule has 9 nitrogen and oxygen atoms in total. The average molecular weight is 361 g/mol. The Morgan fingerprint density at radius 3 is 2.56 bits per heavy atom. The Morgan fingerprint density at radius 1 is 1.16 bits per heavy atom. The van der Waals surface area contributed by atoms with Crippen LogP contribution in [0.4, 0.5) is 11.6 Å². The first kappa shape index (κ1) is 16.8. The van der Waals surface area contributed by atoms with Gasteiger partial charge in [0.1, 0.15) is 0 Å². The summed E-state index contributed by atoms with van der Waals surface area (Å²) in [5.41, 5.74) is 1.69. The summed E-state index contributed by atoms with van der Waals surface area (Å²) in [6.07, 6.45) is 1.65. The van der Waals surface area contributed by atoms with E-state index in [1.807, 2.05) is 6.92 Å². The molecule has 0 fully saturated rings. The Labute approximate surface area is 143 Å². The van der Waals surface area contributed by atoms with Gasteiger partial charge in [-0.15, -0.1) is 10.2 Å². The number of sulfonamides is 1. The lowest BCUT2D eigenvalue weighted by Crippen LogP contribution is -2.17. The van der Waals surface area contributed by atoms with Crippen LogP contribution in [-0.2, 0) is 10.0 Å². The van der Waals surface area contributed by atoms with Crippen LogP contribution in [0, 0.1) is 30.9 Å². The molecule has 0 aliphatic heterocycles. The fraction of sp³-hybridized carbons (Fsp3) is 0.200. The number of hydrogen-bond acceptors (Lipinski definition) is 6. The molecule has 0 atom stereocenters. The molecule has 0 unspecified atom stereocenters.